The summed E-state index contributed by atoms with van der Waals surface area (Å²) in [6.45, 7) is 1.75. The van der Waals surface area contributed by atoms with E-state index in [9.17, 15) is 14.5 Å². The average Bonchev–Trinajstić information content (AvgIpc) is 2.41. The van der Waals surface area contributed by atoms with Gasteiger partial charge in [0.05, 0.1) is 9.40 Å². The molecule has 0 aliphatic rings. The minimum Gasteiger partial charge on any atom is -0.482 e. The average molecular weight is 419 g/mol. The van der Waals surface area contributed by atoms with Crippen molar-refractivity contribution in [1.29, 1.82) is 0 Å². The van der Waals surface area contributed by atoms with Crippen LogP contribution in [-0.4, -0.2) is 4.92 Å². The molecular formula is C14H10Br2FNO3. The van der Waals surface area contributed by atoms with Crippen LogP contribution in [0, 0.1) is 22.9 Å². The van der Waals surface area contributed by atoms with Crippen molar-refractivity contribution in [2.45, 2.75) is 13.5 Å². The van der Waals surface area contributed by atoms with E-state index in [0.717, 1.165) is 0 Å². The van der Waals surface area contributed by atoms with Crippen LogP contribution in [0.5, 0.6) is 5.75 Å². The summed E-state index contributed by atoms with van der Waals surface area (Å²) in [4.78, 5) is 10.6. The number of ether oxygens (including phenoxy) is 1. The van der Waals surface area contributed by atoms with Gasteiger partial charge in [0.25, 0.3) is 0 Å². The Morgan fingerprint density at radius 1 is 1.33 bits per heavy atom. The highest BCUT2D eigenvalue weighted by Gasteiger charge is 2.19. The zero-order valence-electron chi connectivity index (χ0n) is 10.9. The molecule has 4 nitrogen and oxygen atoms in total. The van der Waals surface area contributed by atoms with Crippen LogP contribution in [-0.2, 0) is 6.61 Å². The number of rotatable bonds is 4. The summed E-state index contributed by atoms with van der Waals surface area (Å²) in [7, 11) is 0. The lowest BCUT2D eigenvalue weighted by Gasteiger charge is -2.11. The Morgan fingerprint density at radius 3 is 2.71 bits per heavy atom. The summed E-state index contributed by atoms with van der Waals surface area (Å²) in [6, 6.07) is 7.67. The third-order valence-corrected chi connectivity index (χ3v) is 4.17. The van der Waals surface area contributed by atoms with Crippen molar-refractivity contribution >= 4 is 37.5 Å². The van der Waals surface area contributed by atoms with Crippen molar-refractivity contribution in [1.82, 2.24) is 0 Å². The summed E-state index contributed by atoms with van der Waals surface area (Å²) in [6.07, 6.45) is 0. The number of nitro benzene ring substituents is 1. The van der Waals surface area contributed by atoms with Crippen LogP contribution in [0.25, 0.3) is 0 Å². The standard InChI is InChI=1S/C14H10Br2FNO3/c1-8-5-10(15)6-12(18(19)20)14(8)21-7-9-3-2-4-11(17)13(9)16/h2-6H,7H2,1H3. The number of halogens is 3. The molecule has 0 spiro atoms. The first-order chi connectivity index (χ1) is 9.90. The van der Waals surface area contributed by atoms with Crippen LogP contribution in [0.4, 0.5) is 10.1 Å². The summed E-state index contributed by atoms with van der Waals surface area (Å²) >= 11 is 6.35. The van der Waals surface area contributed by atoms with Gasteiger partial charge in [-0.1, -0.05) is 28.1 Å². The van der Waals surface area contributed by atoms with Crippen LogP contribution in [0.1, 0.15) is 11.1 Å². The Balaban J connectivity index is 2.32. The highest BCUT2D eigenvalue weighted by molar-refractivity contribution is 9.10. The van der Waals surface area contributed by atoms with Gasteiger partial charge in [-0.15, -0.1) is 0 Å². The van der Waals surface area contributed by atoms with E-state index in [1.54, 1.807) is 25.1 Å². The zero-order chi connectivity index (χ0) is 15.6. The maximum absolute atomic E-state index is 13.4. The number of hydrogen-bond acceptors (Lipinski definition) is 3. The topological polar surface area (TPSA) is 52.4 Å². The van der Waals surface area contributed by atoms with Gasteiger partial charge in [-0.25, -0.2) is 4.39 Å². The molecule has 7 heteroatoms. The fourth-order valence-corrected chi connectivity index (χ4v) is 2.78. The van der Waals surface area contributed by atoms with Crippen LogP contribution in [0.3, 0.4) is 0 Å². The number of benzene rings is 2. The second kappa shape index (κ2) is 6.53. The molecule has 0 aromatic heterocycles. The van der Waals surface area contributed by atoms with Gasteiger partial charge in [-0.3, -0.25) is 10.1 Å². The van der Waals surface area contributed by atoms with Crippen LogP contribution >= 0.6 is 31.9 Å². The monoisotopic (exact) mass is 417 g/mol. The van der Waals surface area contributed by atoms with E-state index < -0.39 is 10.7 Å². The molecule has 0 atom stereocenters. The van der Waals surface area contributed by atoms with Gasteiger partial charge in [-0.05, 0) is 40.5 Å². The molecule has 2 aromatic carbocycles. The predicted molar refractivity (Wildman–Crippen MR) is 84.0 cm³/mol. The summed E-state index contributed by atoms with van der Waals surface area (Å²) in [5.41, 5.74) is 1.07. The molecule has 0 fully saturated rings. The Kier molecular flexibility index (Phi) is 4.95. The molecule has 2 aromatic rings. The normalized spacial score (nSPS) is 10.5. The molecule has 0 radical (unpaired) electrons. The summed E-state index contributed by atoms with van der Waals surface area (Å²) < 4.78 is 19.9. The highest BCUT2D eigenvalue weighted by atomic mass is 79.9. The first kappa shape index (κ1) is 15.9. The SMILES string of the molecule is Cc1cc(Br)cc([N+](=O)[O-])c1OCc1cccc(F)c1Br. The van der Waals surface area contributed by atoms with Crippen LogP contribution in [0.2, 0.25) is 0 Å². The molecule has 0 heterocycles. The lowest BCUT2D eigenvalue weighted by atomic mass is 10.2. The third kappa shape index (κ3) is 3.59. The molecule has 0 aliphatic carbocycles. The van der Waals surface area contributed by atoms with Crippen molar-refractivity contribution in [2.24, 2.45) is 0 Å². The second-order valence-corrected chi connectivity index (χ2v) is 6.04. The van der Waals surface area contributed by atoms with E-state index in [1.165, 1.54) is 12.1 Å². The van der Waals surface area contributed by atoms with E-state index in [0.29, 0.717) is 20.1 Å². The molecule has 0 N–H and O–H groups in total. The molecule has 0 unspecified atom stereocenters. The number of nitro groups is 1. The molecule has 0 aliphatic heterocycles. The van der Waals surface area contributed by atoms with Crippen molar-refractivity contribution in [3.05, 3.63) is 66.3 Å². The molecule has 0 saturated heterocycles. The minimum absolute atomic E-state index is 0.0294. The molecule has 21 heavy (non-hydrogen) atoms. The number of nitrogens with zero attached hydrogens (tertiary/aromatic N) is 1. The van der Waals surface area contributed by atoms with Gasteiger partial charge in [0.1, 0.15) is 12.4 Å². The summed E-state index contributed by atoms with van der Waals surface area (Å²) in [5.74, 6) is -0.225. The van der Waals surface area contributed by atoms with Gasteiger partial charge in [-0.2, -0.15) is 0 Å². The molecule has 0 bridgehead atoms. The van der Waals surface area contributed by atoms with Crippen molar-refractivity contribution in [3.63, 3.8) is 0 Å². The third-order valence-electron chi connectivity index (χ3n) is 2.82. The van der Waals surface area contributed by atoms with Crippen molar-refractivity contribution in [2.75, 3.05) is 0 Å². The first-order valence-electron chi connectivity index (χ1n) is 5.90. The van der Waals surface area contributed by atoms with E-state index in [2.05, 4.69) is 31.9 Å². The highest BCUT2D eigenvalue weighted by Crippen LogP contribution is 2.35. The van der Waals surface area contributed by atoms with Crippen LogP contribution < -0.4 is 4.74 Å². The Hall–Kier alpha value is -1.47. The lowest BCUT2D eigenvalue weighted by molar-refractivity contribution is -0.386. The smallest absolute Gasteiger partial charge is 0.312 e. The van der Waals surface area contributed by atoms with Crippen molar-refractivity contribution < 1.29 is 14.1 Å². The maximum Gasteiger partial charge on any atom is 0.312 e. The van der Waals surface area contributed by atoms with E-state index in [-0.39, 0.29) is 18.0 Å². The van der Waals surface area contributed by atoms with Gasteiger partial charge in [0.15, 0.2) is 5.75 Å². The minimum atomic E-state index is -0.506. The second-order valence-electron chi connectivity index (χ2n) is 4.33. The fourth-order valence-electron chi connectivity index (χ4n) is 1.85. The molecule has 0 saturated carbocycles. The maximum atomic E-state index is 13.4. The molecular weight excluding hydrogens is 409 g/mol. The van der Waals surface area contributed by atoms with E-state index in [4.69, 9.17) is 4.74 Å². The molecule has 0 amide bonds. The van der Waals surface area contributed by atoms with Crippen molar-refractivity contribution in [3.8, 4) is 5.75 Å². The Bertz CT molecular complexity index is 707. The zero-order valence-corrected chi connectivity index (χ0v) is 14.1. The predicted octanol–water partition coefficient (Wildman–Crippen LogP) is 5.15. The van der Waals surface area contributed by atoms with Gasteiger partial charge in [0.2, 0.25) is 0 Å². The van der Waals surface area contributed by atoms with Gasteiger partial charge in [0, 0.05) is 16.1 Å². The fraction of sp³-hybridized carbons (Fsp3) is 0.143. The van der Waals surface area contributed by atoms with Gasteiger partial charge >= 0.3 is 5.69 Å². The van der Waals surface area contributed by atoms with E-state index in [1.807, 2.05) is 0 Å². The quantitative estimate of drug-likeness (QED) is 0.509. The van der Waals surface area contributed by atoms with Gasteiger partial charge < -0.3 is 4.74 Å². The Labute approximate surface area is 137 Å². The summed E-state index contributed by atoms with van der Waals surface area (Å²) in [5, 5.41) is 11.1. The number of hydrogen-bond donors (Lipinski definition) is 0. The largest absolute Gasteiger partial charge is 0.482 e. The number of aryl methyl sites for hydroxylation is 1. The Morgan fingerprint density at radius 2 is 2.05 bits per heavy atom. The van der Waals surface area contributed by atoms with Crippen LogP contribution in [0.15, 0.2) is 39.3 Å². The lowest BCUT2D eigenvalue weighted by Crippen LogP contribution is -2.02. The first-order valence-corrected chi connectivity index (χ1v) is 7.49. The molecule has 2 rings (SSSR count). The van der Waals surface area contributed by atoms with E-state index >= 15 is 0 Å². The molecule has 110 valence electrons.